The fourth-order valence-electron chi connectivity index (χ4n) is 2.56. The number of hydrogen-bond acceptors (Lipinski definition) is 2. The van der Waals surface area contributed by atoms with Crippen LogP contribution in [-0.2, 0) is 4.79 Å². The molecule has 0 bridgehead atoms. The fourth-order valence-corrected chi connectivity index (χ4v) is 2.56. The van der Waals surface area contributed by atoms with E-state index in [1.165, 1.54) is 4.90 Å². The lowest BCUT2D eigenvalue weighted by Crippen LogP contribution is -2.32. The van der Waals surface area contributed by atoms with Crippen molar-refractivity contribution in [2.24, 2.45) is 0 Å². The van der Waals surface area contributed by atoms with Gasteiger partial charge in [-0.1, -0.05) is 17.7 Å². The number of carbonyl (C=O) groups is 2. The number of aryl methyl sites for hydroxylation is 1. The van der Waals surface area contributed by atoms with Crippen molar-refractivity contribution in [3.63, 3.8) is 0 Å². The van der Waals surface area contributed by atoms with Gasteiger partial charge in [-0.05, 0) is 31.9 Å². The molecule has 2 fully saturated rings. The highest BCUT2D eigenvalue weighted by Gasteiger charge is 2.47. The Morgan fingerprint density at radius 2 is 1.88 bits per heavy atom. The van der Waals surface area contributed by atoms with Crippen LogP contribution in [0.3, 0.4) is 0 Å². The lowest BCUT2D eigenvalue weighted by atomic mass is 10.2. The number of amides is 3. The van der Waals surface area contributed by atoms with E-state index in [0.717, 1.165) is 18.4 Å². The van der Waals surface area contributed by atoms with Crippen LogP contribution in [0.4, 0.5) is 10.5 Å². The average Bonchev–Trinajstić information content (AvgIpc) is 2.87. The van der Waals surface area contributed by atoms with Gasteiger partial charge in [0.1, 0.15) is 6.04 Å². The first kappa shape index (κ1) is 10.3. The van der Waals surface area contributed by atoms with E-state index in [1.807, 2.05) is 31.2 Å². The topological polar surface area (TPSA) is 40.6 Å². The molecule has 1 aromatic rings. The Labute approximate surface area is 99.8 Å². The first-order valence-electron chi connectivity index (χ1n) is 5.90. The molecule has 2 aliphatic rings. The number of fused-ring (bicyclic) bond motifs is 1. The fraction of sp³-hybridized carbons (Fsp3) is 0.385. The van der Waals surface area contributed by atoms with Crippen LogP contribution >= 0.6 is 0 Å². The number of urea groups is 1. The molecule has 2 saturated heterocycles. The van der Waals surface area contributed by atoms with Crippen LogP contribution in [0.1, 0.15) is 18.4 Å². The highest BCUT2D eigenvalue weighted by Crippen LogP contribution is 2.31. The molecule has 0 N–H and O–H groups in total. The summed E-state index contributed by atoms with van der Waals surface area (Å²) in [5.41, 5.74) is 1.80. The van der Waals surface area contributed by atoms with Crippen molar-refractivity contribution in [1.82, 2.24) is 4.90 Å². The summed E-state index contributed by atoms with van der Waals surface area (Å²) in [6.07, 6.45) is 1.73. The molecule has 1 unspecified atom stereocenters. The number of hydrogen-bond donors (Lipinski definition) is 0. The van der Waals surface area contributed by atoms with Crippen LogP contribution < -0.4 is 4.90 Å². The smallest absolute Gasteiger partial charge is 0.312 e. The molecule has 1 atom stereocenters. The molecule has 0 spiro atoms. The summed E-state index contributed by atoms with van der Waals surface area (Å²) in [5, 5.41) is 0. The van der Waals surface area contributed by atoms with E-state index in [-0.39, 0.29) is 18.0 Å². The lowest BCUT2D eigenvalue weighted by Gasteiger charge is -2.15. The van der Waals surface area contributed by atoms with Crippen LogP contribution in [0.2, 0.25) is 0 Å². The maximum absolute atomic E-state index is 12.1. The molecule has 0 saturated carbocycles. The Morgan fingerprint density at radius 3 is 2.53 bits per heavy atom. The van der Waals surface area contributed by atoms with Crippen molar-refractivity contribution >= 4 is 17.6 Å². The molecule has 0 radical (unpaired) electrons. The molecule has 3 amide bonds. The minimum atomic E-state index is -0.219. The van der Waals surface area contributed by atoms with E-state index >= 15 is 0 Å². The van der Waals surface area contributed by atoms with Crippen LogP contribution in [0.15, 0.2) is 24.3 Å². The van der Waals surface area contributed by atoms with Crippen LogP contribution in [0.5, 0.6) is 0 Å². The van der Waals surface area contributed by atoms with E-state index in [4.69, 9.17) is 0 Å². The third kappa shape index (κ3) is 1.44. The van der Waals surface area contributed by atoms with Gasteiger partial charge >= 0.3 is 6.03 Å². The zero-order chi connectivity index (χ0) is 12.0. The van der Waals surface area contributed by atoms with Gasteiger partial charge in [0.25, 0.3) is 5.91 Å². The number of rotatable bonds is 1. The van der Waals surface area contributed by atoms with E-state index in [1.54, 1.807) is 4.90 Å². The predicted octanol–water partition coefficient (Wildman–Crippen LogP) is 1.93. The maximum atomic E-state index is 12.1. The van der Waals surface area contributed by atoms with Crippen LogP contribution in [0.25, 0.3) is 0 Å². The highest BCUT2D eigenvalue weighted by atomic mass is 16.2. The molecule has 1 aromatic carbocycles. The van der Waals surface area contributed by atoms with Gasteiger partial charge in [-0.2, -0.15) is 0 Å². The summed E-state index contributed by atoms with van der Waals surface area (Å²) in [7, 11) is 0. The van der Waals surface area contributed by atoms with Crippen molar-refractivity contribution in [2.75, 3.05) is 11.4 Å². The van der Waals surface area contributed by atoms with E-state index in [0.29, 0.717) is 12.2 Å². The first-order chi connectivity index (χ1) is 8.18. The third-order valence-corrected chi connectivity index (χ3v) is 3.49. The Bertz CT molecular complexity index is 459. The molecular weight excluding hydrogens is 216 g/mol. The monoisotopic (exact) mass is 230 g/mol. The summed E-state index contributed by atoms with van der Waals surface area (Å²) in [6, 6.07) is 7.10. The van der Waals surface area contributed by atoms with E-state index < -0.39 is 0 Å². The minimum absolute atomic E-state index is 0.0728. The molecule has 2 heterocycles. The Kier molecular flexibility index (Phi) is 2.18. The number of nitrogens with zero attached hydrogens (tertiary/aromatic N) is 2. The zero-order valence-electron chi connectivity index (χ0n) is 9.72. The summed E-state index contributed by atoms with van der Waals surface area (Å²) in [5.74, 6) is -0.0728. The molecule has 88 valence electrons. The van der Waals surface area contributed by atoms with Crippen LogP contribution in [-0.4, -0.2) is 29.4 Å². The van der Waals surface area contributed by atoms with Crippen molar-refractivity contribution in [3.8, 4) is 0 Å². The van der Waals surface area contributed by atoms with E-state index in [2.05, 4.69) is 0 Å². The normalized spacial score (nSPS) is 23.5. The largest absolute Gasteiger partial charge is 0.332 e. The quantitative estimate of drug-likeness (QED) is 0.692. The van der Waals surface area contributed by atoms with Crippen molar-refractivity contribution < 1.29 is 9.59 Å². The van der Waals surface area contributed by atoms with Crippen molar-refractivity contribution in [2.45, 2.75) is 25.8 Å². The lowest BCUT2D eigenvalue weighted by molar-refractivity contribution is -0.119. The molecule has 3 rings (SSSR count). The zero-order valence-corrected chi connectivity index (χ0v) is 9.72. The van der Waals surface area contributed by atoms with Gasteiger partial charge < -0.3 is 4.90 Å². The number of carbonyl (C=O) groups excluding carboxylic acids is 2. The molecular formula is C13H14N2O2. The van der Waals surface area contributed by atoms with Gasteiger partial charge in [-0.25, -0.2) is 9.69 Å². The second kappa shape index (κ2) is 3.58. The molecule has 2 aliphatic heterocycles. The third-order valence-electron chi connectivity index (χ3n) is 3.49. The second-order valence-electron chi connectivity index (χ2n) is 4.64. The Morgan fingerprint density at radius 1 is 1.18 bits per heavy atom. The number of imide groups is 1. The maximum Gasteiger partial charge on any atom is 0.332 e. The van der Waals surface area contributed by atoms with Gasteiger partial charge in [0, 0.05) is 6.54 Å². The van der Waals surface area contributed by atoms with Gasteiger partial charge in [-0.15, -0.1) is 0 Å². The minimum Gasteiger partial charge on any atom is -0.312 e. The standard InChI is InChI=1S/C13H14N2O2/c1-9-4-6-10(7-5-9)15-12(16)11-3-2-8-14(11)13(15)17/h4-7,11H,2-3,8H2,1H3. The molecule has 4 heteroatoms. The highest BCUT2D eigenvalue weighted by molar-refractivity contribution is 6.21. The SMILES string of the molecule is Cc1ccc(N2C(=O)C3CCCN3C2=O)cc1. The molecule has 17 heavy (non-hydrogen) atoms. The van der Waals surface area contributed by atoms with Gasteiger partial charge in [0.15, 0.2) is 0 Å². The summed E-state index contributed by atoms with van der Waals surface area (Å²) in [4.78, 5) is 27.3. The van der Waals surface area contributed by atoms with Crippen LogP contribution in [0, 0.1) is 6.92 Å². The first-order valence-corrected chi connectivity index (χ1v) is 5.90. The number of anilines is 1. The van der Waals surface area contributed by atoms with Gasteiger partial charge in [-0.3, -0.25) is 4.79 Å². The van der Waals surface area contributed by atoms with Crippen molar-refractivity contribution in [1.29, 1.82) is 0 Å². The summed E-state index contributed by atoms with van der Waals surface area (Å²) < 4.78 is 0. The number of benzene rings is 1. The molecule has 0 aliphatic carbocycles. The summed E-state index contributed by atoms with van der Waals surface area (Å²) >= 11 is 0. The van der Waals surface area contributed by atoms with E-state index in [9.17, 15) is 9.59 Å². The molecule has 0 aromatic heterocycles. The second-order valence-corrected chi connectivity index (χ2v) is 4.64. The van der Waals surface area contributed by atoms with Gasteiger partial charge in [0.2, 0.25) is 0 Å². The molecule has 4 nitrogen and oxygen atoms in total. The Hall–Kier alpha value is -1.84. The summed E-state index contributed by atoms with van der Waals surface area (Å²) in [6.45, 7) is 2.69. The van der Waals surface area contributed by atoms with Crippen molar-refractivity contribution in [3.05, 3.63) is 29.8 Å². The van der Waals surface area contributed by atoms with Gasteiger partial charge in [0.05, 0.1) is 5.69 Å². The Balaban J connectivity index is 1.96. The average molecular weight is 230 g/mol. The predicted molar refractivity (Wildman–Crippen MR) is 63.8 cm³/mol.